The molecule has 0 aliphatic heterocycles. The molecular weight excluding hydrogens is 213 g/mol. The summed E-state index contributed by atoms with van der Waals surface area (Å²) in [4.78, 5) is 22.4. The minimum absolute atomic E-state index is 0.362. The topological polar surface area (TPSA) is 66.4 Å². The molecule has 4 nitrogen and oxygen atoms in total. The van der Waals surface area contributed by atoms with E-state index in [4.69, 9.17) is 5.11 Å². The van der Waals surface area contributed by atoms with E-state index in [-0.39, 0.29) is 0 Å². The van der Waals surface area contributed by atoms with Crippen molar-refractivity contribution in [2.45, 2.75) is 13.8 Å². The van der Waals surface area contributed by atoms with Gasteiger partial charge in [0.1, 0.15) is 11.2 Å². The molecule has 0 heterocycles. The summed E-state index contributed by atoms with van der Waals surface area (Å²) in [6.45, 7) is 2.60. The number of benzene rings is 1. The maximum absolute atomic E-state index is 12.6. The Morgan fingerprint density at radius 1 is 1.25 bits per heavy atom. The van der Waals surface area contributed by atoms with Gasteiger partial charge in [-0.15, -0.1) is 0 Å². The second kappa shape index (κ2) is 4.30. The zero-order valence-electron chi connectivity index (χ0n) is 8.95. The van der Waals surface area contributed by atoms with Crippen molar-refractivity contribution in [3.8, 4) is 0 Å². The fourth-order valence-corrected chi connectivity index (χ4v) is 0.918. The molecule has 0 aliphatic rings. The largest absolute Gasteiger partial charge is 0.480 e. The van der Waals surface area contributed by atoms with E-state index < -0.39 is 23.1 Å². The highest BCUT2D eigenvalue weighted by Crippen LogP contribution is 2.18. The smallest absolute Gasteiger partial charge is 0.318 e. The molecule has 0 fully saturated rings. The summed E-state index contributed by atoms with van der Waals surface area (Å²) in [6, 6.07) is 5.10. The molecule has 0 unspecified atom stereocenters. The molecule has 0 atom stereocenters. The molecule has 0 bridgehead atoms. The van der Waals surface area contributed by atoms with Crippen LogP contribution in [-0.4, -0.2) is 17.0 Å². The molecule has 1 aromatic rings. The van der Waals surface area contributed by atoms with Crippen LogP contribution in [-0.2, 0) is 9.59 Å². The summed E-state index contributed by atoms with van der Waals surface area (Å²) in [6.07, 6.45) is 0. The lowest BCUT2D eigenvalue weighted by Crippen LogP contribution is -2.37. The lowest BCUT2D eigenvalue weighted by Gasteiger charge is -2.18. The van der Waals surface area contributed by atoms with Gasteiger partial charge in [0.05, 0.1) is 0 Å². The van der Waals surface area contributed by atoms with Crippen molar-refractivity contribution in [2.75, 3.05) is 5.32 Å². The third-order valence-corrected chi connectivity index (χ3v) is 2.20. The lowest BCUT2D eigenvalue weighted by atomic mass is 9.92. The van der Waals surface area contributed by atoms with Crippen LogP contribution in [0.15, 0.2) is 24.3 Å². The number of halogens is 1. The van der Waals surface area contributed by atoms with Gasteiger partial charge >= 0.3 is 5.97 Å². The van der Waals surface area contributed by atoms with Gasteiger partial charge < -0.3 is 10.4 Å². The fourth-order valence-electron chi connectivity index (χ4n) is 0.918. The Hall–Kier alpha value is -1.91. The average Bonchev–Trinajstić information content (AvgIpc) is 2.21. The van der Waals surface area contributed by atoms with Crippen molar-refractivity contribution in [3.63, 3.8) is 0 Å². The van der Waals surface area contributed by atoms with E-state index >= 15 is 0 Å². The summed E-state index contributed by atoms with van der Waals surface area (Å²) in [5, 5.41) is 11.2. The third-order valence-electron chi connectivity index (χ3n) is 2.20. The van der Waals surface area contributed by atoms with Crippen molar-refractivity contribution in [3.05, 3.63) is 30.1 Å². The Morgan fingerprint density at radius 3 is 2.19 bits per heavy atom. The molecule has 1 aromatic carbocycles. The molecule has 16 heavy (non-hydrogen) atoms. The van der Waals surface area contributed by atoms with E-state index in [1.807, 2.05) is 0 Å². The zero-order chi connectivity index (χ0) is 12.3. The number of hydrogen-bond donors (Lipinski definition) is 2. The van der Waals surface area contributed by atoms with Gasteiger partial charge in [-0.2, -0.15) is 0 Å². The van der Waals surface area contributed by atoms with Crippen LogP contribution in [0.1, 0.15) is 13.8 Å². The van der Waals surface area contributed by atoms with E-state index in [0.29, 0.717) is 5.69 Å². The first kappa shape index (κ1) is 12.2. The molecule has 0 saturated carbocycles. The van der Waals surface area contributed by atoms with Crippen LogP contribution in [0.3, 0.4) is 0 Å². The van der Waals surface area contributed by atoms with Crippen molar-refractivity contribution in [1.29, 1.82) is 0 Å². The molecule has 0 saturated heterocycles. The van der Waals surface area contributed by atoms with Gasteiger partial charge in [0.15, 0.2) is 0 Å². The maximum atomic E-state index is 12.6. The van der Waals surface area contributed by atoms with E-state index in [9.17, 15) is 14.0 Å². The Morgan fingerprint density at radius 2 is 1.75 bits per heavy atom. The van der Waals surface area contributed by atoms with Gasteiger partial charge in [0, 0.05) is 5.69 Å². The van der Waals surface area contributed by atoms with Gasteiger partial charge in [-0.05, 0) is 38.1 Å². The van der Waals surface area contributed by atoms with Gasteiger partial charge in [-0.25, -0.2) is 4.39 Å². The molecule has 0 aliphatic carbocycles. The number of amides is 1. The van der Waals surface area contributed by atoms with Crippen molar-refractivity contribution in [1.82, 2.24) is 0 Å². The minimum atomic E-state index is -1.52. The molecule has 86 valence electrons. The summed E-state index contributed by atoms with van der Waals surface area (Å²) in [5.74, 6) is -2.28. The monoisotopic (exact) mass is 225 g/mol. The molecule has 2 N–H and O–H groups in total. The number of anilines is 1. The van der Waals surface area contributed by atoms with Gasteiger partial charge in [0.25, 0.3) is 0 Å². The third kappa shape index (κ3) is 2.56. The van der Waals surface area contributed by atoms with Crippen LogP contribution in [0.25, 0.3) is 0 Å². The predicted octanol–water partition coefficient (Wildman–Crippen LogP) is 1.88. The summed E-state index contributed by atoms with van der Waals surface area (Å²) >= 11 is 0. The molecular formula is C11H12FNO3. The number of hydrogen-bond acceptors (Lipinski definition) is 2. The van der Waals surface area contributed by atoms with Crippen LogP contribution in [0.4, 0.5) is 10.1 Å². The average molecular weight is 225 g/mol. The zero-order valence-corrected chi connectivity index (χ0v) is 8.95. The molecule has 5 heteroatoms. The molecule has 0 spiro atoms. The van der Waals surface area contributed by atoms with Crippen molar-refractivity contribution < 1.29 is 19.1 Å². The number of carboxylic acids is 1. The SMILES string of the molecule is CC(C)(C(=O)O)C(=O)Nc1ccc(F)cc1. The highest BCUT2D eigenvalue weighted by molar-refractivity contribution is 6.07. The number of aliphatic carboxylic acids is 1. The Labute approximate surface area is 92.1 Å². The number of nitrogens with one attached hydrogen (secondary N) is 1. The van der Waals surface area contributed by atoms with E-state index in [1.165, 1.54) is 38.1 Å². The van der Waals surface area contributed by atoms with Crippen LogP contribution in [0.2, 0.25) is 0 Å². The summed E-state index contributed by atoms with van der Waals surface area (Å²) in [7, 11) is 0. The Kier molecular flexibility index (Phi) is 3.27. The van der Waals surface area contributed by atoms with Crippen molar-refractivity contribution >= 4 is 17.6 Å². The fraction of sp³-hybridized carbons (Fsp3) is 0.273. The quantitative estimate of drug-likeness (QED) is 0.772. The standard InChI is InChI=1S/C11H12FNO3/c1-11(2,10(15)16)9(14)13-8-5-3-7(12)4-6-8/h3-6H,1-2H3,(H,13,14)(H,15,16). The maximum Gasteiger partial charge on any atom is 0.318 e. The molecule has 0 aromatic heterocycles. The first-order valence-electron chi connectivity index (χ1n) is 4.64. The summed E-state index contributed by atoms with van der Waals surface area (Å²) in [5.41, 5.74) is -1.16. The number of carbonyl (C=O) groups excluding carboxylic acids is 1. The van der Waals surface area contributed by atoms with Crippen molar-refractivity contribution in [2.24, 2.45) is 5.41 Å². The minimum Gasteiger partial charge on any atom is -0.480 e. The number of carboxylic acid groups (broad SMARTS) is 1. The van der Waals surface area contributed by atoms with Gasteiger partial charge in [-0.1, -0.05) is 0 Å². The van der Waals surface area contributed by atoms with Crippen LogP contribution >= 0.6 is 0 Å². The normalized spacial score (nSPS) is 10.9. The lowest BCUT2D eigenvalue weighted by molar-refractivity contribution is -0.151. The number of carbonyl (C=O) groups is 2. The molecule has 0 radical (unpaired) electrons. The first-order valence-corrected chi connectivity index (χ1v) is 4.64. The van der Waals surface area contributed by atoms with E-state index in [1.54, 1.807) is 0 Å². The molecule has 1 amide bonds. The summed E-state index contributed by atoms with van der Waals surface area (Å²) < 4.78 is 12.6. The highest BCUT2D eigenvalue weighted by atomic mass is 19.1. The van der Waals surface area contributed by atoms with Crippen LogP contribution < -0.4 is 5.32 Å². The Bertz CT molecular complexity index is 412. The highest BCUT2D eigenvalue weighted by Gasteiger charge is 2.35. The van der Waals surface area contributed by atoms with Crippen LogP contribution in [0.5, 0.6) is 0 Å². The second-order valence-corrected chi connectivity index (χ2v) is 3.89. The van der Waals surface area contributed by atoms with E-state index in [0.717, 1.165) is 0 Å². The second-order valence-electron chi connectivity index (χ2n) is 3.89. The Balaban J connectivity index is 2.79. The predicted molar refractivity (Wildman–Crippen MR) is 56.4 cm³/mol. The first-order chi connectivity index (χ1) is 7.34. The van der Waals surface area contributed by atoms with Gasteiger partial charge in [0.2, 0.25) is 5.91 Å². The van der Waals surface area contributed by atoms with E-state index in [2.05, 4.69) is 5.32 Å². The molecule has 1 rings (SSSR count). The van der Waals surface area contributed by atoms with Gasteiger partial charge in [-0.3, -0.25) is 9.59 Å². The number of rotatable bonds is 3. The van der Waals surface area contributed by atoms with Crippen LogP contribution in [0, 0.1) is 11.2 Å².